The van der Waals surface area contributed by atoms with Gasteiger partial charge >= 0.3 is 5.97 Å². The lowest BCUT2D eigenvalue weighted by Crippen LogP contribution is -2.30. The molecule has 1 N–H and O–H groups in total. The van der Waals surface area contributed by atoms with E-state index in [1.807, 2.05) is 31.2 Å². The second-order valence-electron chi connectivity index (χ2n) is 3.97. The van der Waals surface area contributed by atoms with Crippen LogP contribution in [0.4, 0.5) is 0 Å². The molecule has 1 aliphatic heterocycles. The second-order valence-corrected chi connectivity index (χ2v) is 3.97. The van der Waals surface area contributed by atoms with Crippen molar-refractivity contribution >= 4 is 18.1 Å². The molecule has 0 saturated heterocycles. The summed E-state index contributed by atoms with van der Waals surface area (Å²) < 4.78 is 0. The van der Waals surface area contributed by atoms with Crippen LogP contribution in [0, 0.1) is 12.8 Å². The largest absolute Gasteiger partial charge is 0.480 e. The number of hydrogen-bond donors (Lipinski definition) is 1. The number of rotatable bonds is 3. The Kier molecular flexibility index (Phi) is 2.91. The van der Waals surface area contributed by atoms with Crippen LogP contribution in [0.5, 0.6) is 0 Å². The standard InChI is InChI=1S/C12H12N2O3/c1-8-3-2-4-9(5-8)7-14-11(15)10(6-13-14)12(16)17/h2-6,10H,7H2,1H3,(H,16,17). The lowest BCUT2D eigenvalue weighted by atomic mass is 10.1. The van der Waals surface area contributed by atoms with Gasteiger partial charge in [0.05, 0.1) is 6.54 Å². The van der Waals surface area contributed by atoms with Gasteiger partial charge < -0.3 is 5.11 Å². The van der Waals surface area contributed by atoms with Crippen LogP contribution < -0.4 is 0 Å². The van der Waals surface area contributed by atoms with Crippen LogP contribution >= 0.6 is 0 Å². The predicted octanol–water partition coefficient (Wildman–Crippen LogP) is 1.02. The number of carboxylic acids is 1. The molecule has 0 fully saturated rings. The third kappa shape index (κ3) is 2.33. The van der Waals surface area contributed by atoms with Gasteiger partial charge in [0.2, 0.25) is 0 Å². The molecule has 0 spiro atoms. The van der Waals surface area contributed by atoms with Crippen molar-refractivity contribution in [2.24, 2.45) is 11.0 Å². The summed E-state index contributed by atoms with van der Waals surface area (Å²) in [6.07, 6.45) is 1.17. The molecular formula is C12H12N2O3. The zero-order chi connectivity index (χ0) is 12.4. The van der Waals surface area contributed by atoms with Gasteiger partial charge in [0.1, 0.15) is 0 Å². The lowest BCUT2D eigenvalue weighted by molar-refractivity contribution is -0.146. The quantitative estimate of drug-likeness (QED) is 0.791. The van der Waals surface area contributed by atoms with Gasteiger partial charge in [-0.2, -0.15) is 5.10 Å². The maximum absolute atomic E-state index is 11.7. The number of nitrogens with zero attached hydrogens (tertiary/aromatic N) is 2. The average Bonchev–Trinajstić information content (AvgIpc) is 2.61. The highest BCUT2D eigenvalue weighted by atomic mass is 16.4. The zero-order valence-electron chi connectivity index (χ0n) is 9.33. The molecular weight excluding hydrogens is 220 g/mol. The minimum atomic E-state index is -1.16. The van der Waals surface area contributed by atoms with Crippen LogP contribution in [0.2, 0.25) is 0 Å². The van der Waals surface area contributed by atoms with E-state index in [4.69, 9.17) is 5.11 Å². The summed E-state index contributed by atoms with van der Waals surface area (Å²) in [5.74, 6) is -2.79. The van der Waals surface area contributed by atoms with E-state index < -0.39 is 17.8 Å². The normalized spacial score (nSPS) is 18.8. The molecule has 17 heavy (non-hydrogen) atoms. The highest BCUT2D eigenvalue weighted by molar-refractivity contribution is 6.12. The Hall–Kier alpha value is -2.17. The van der Waals surface area contributed by atoms with Crippen molar-refractivity contribution in [3.05, 3.63) is 35.4 Å². The first-order chi connectivity index (χ1) is 8.08. The highest BCUT2D eigenvalue weighted by Crippen LogP contribution is 2.15. The van der Waals surface area contributed by atoms with E-state index in [1.165, 1.54) is 11.2 Å². The Bertz CT molecular complexity index is 496. The fraction of sp³-hybridized carbons (Fsp3) is 0.250. The number of aliphatic carboxylic acids is 1. The van der Waals surface area contributed by atoms with Crippen molar-refractivity contribution in [1.29, 1.82) is 0 Å². The monoisotopic (exact) mass is 232 g/mol. The van der Waals surface area contributed by atoms with Gasteiger partial charge in [0.15, 0.2) is 5.92 Å². The average molecular weight is 232 g/mol. The highest BCUT2D eigenvalue weighted by Gasteiger charge is 2.34. The number of amides is 1. The minimum absolute atomic E-state index is 0.306. The maximum Gasteiger partial charge on any atom is 0.321 e. The van der Waals surface area contributed by atoms with Crippen molar-refractivity contribution in [2.45, 2.75) is 13.5 Å². The third-order valence-electron chi connectivity index (χ3n) is 2.56. The van der Waals surface area contributed by atoms with Crippen molar-refractivity contribution < 1.29 is 14.7 Å². The molecule has 1 aromatic carbocycles. The van der Waals surface area contributed by atoms with Gasteiger partial charge in [0, 0.05) is 6.21 Å². The Morgan fingerprint density at radius 1 is 1.53 bits per heavy atom. The van der Waals surface area contributed by atoms with Crippen LogP contribution in [-0.2, 0) is 16.1 Å². The molecule has 1 heterocycles. The topological polar surface area (TPSA) is 70.0 Å². The summed E-state index contributed by atoms with van der Waals surface area (Å²) in [7, 11) is 0. The van der Waals surface area contributed by atoms with Crippen LogP contribution in [-0.4, -0.2) is 28.2 Å². The van der Waals surface area contributed by atoms with Crippen LogP contribution in [0.3, 0.4) is 0 Å². The van der Waals surface area contributed by atoms with Crippen LogP contribution in [0.15, 0.2) is 29.4 Å². The van der Waals surface area contributed by atoms with E-state index in [9.17, 15) is 9.59 Å². The van der Waals surface area contributed by atoms with Gasteiger partial charge in [-0.15, -0.1) is 0 Å². The summed E-state index contributed by atoms with van der Waals surface area (Å²) in [5, 5.41) is 13.8. The maximum atomic E-state index is 11.7. The SMILES string of the molecule is Cc1cccc(CN2N=CC(C(=O)O)C2=O)c1. The summed E-state index contributed by atoms with van der Waals surface area (Å²) in [4.78, 5) is 22.4. The predicted molar refractivity (Wildman–Crippen MR) is 61.3 cm³/mol. The number of carbonyl (C=O) groups is 2. The molecule has 1 aromatic rings. The molecule has 0 aliphatic carbocycles. The van der Waals surface area contributed by atoms with E-state index in [-0.39, 0.29) is 0 Å². The number of carboxylic acid groups (broad SMARTS) is 1. The second kappa shape index (κ2) is 4.37. The number of aryl methyl sites for hydroxylation is 1. The van der Waals surface area contributed by atoms with E-state index in [1.54, 1.807) is 0 Å². The summed E-state index contributed by atoms with van der Waals surface area (Å²) in [6, 6.07) is 7.67. The van der Waals surface area contributed by atoms with Crippen molar-refractivity contribution in [3.63, 3.8) is 0 Å². The van der Waals surface area contributed by atoms with Gasteiger partial charge in [-0.3, -0.25) is 9.59 Å². The molecule has 0 bridgehead atoms. The number of carbonyl (C=O) groups excluding carboxylic acids is 1. The summed E-state index contributed by atoms with van der Waals surface area (Å²) in [6.45, 7) is 2.26. The Morgan fingerprint density at radius 3 is 2.88 bits per heavy atom. The molecule has 0 radical (unpaired) electrons. The fourth-order valence-electron chi connectivity index (χ4n) is 1.70. The smallest absolute Gasteiger partial charge is 0.321 e. The minimum Gasteiger partial charge on any atom is -0.480 e. The molecule has 1 amide bonds. The molecule has 5 nitrogen and oxygen atoms in total. The van der Waals surface area contributed by atoms with Gasteiger partial charge in [0.25, 0.3) is 5.91 Å². The molecule has 0 saturated carbocycles. The zero-order valence-corrected chi connectivity index (χ0v) is 9.33. The first-order valence-electron chi connectivity index (χ1n) is 5.22. The van der Waals surface area contributed by atoms with E-state index in [0.717, 1.165) is 11.1 Å². The van der Waals surface area contributed by atoms with E-state index in [2.05, 4.69) is 5.10 Å². The number of hydrazone groups is 1. The van der Waals surface area contributed by atoms with Crippen LogP contribution in [0.1, 0.15) is 11.1 Å². The molecule has 1 unspecified atom stereocenters. The Labute approximate surface area is 98.4 Å². The van der Waals surface area contributed by atoms with Gasteiger partial charge in [-0.1, -0.05) is 29.8 Å². The van der Waals surface area contributed by atoms with Crippen molar-refractivity contribution in [3.8, 4) is 0 Å². The molecule has 88 valence electrons. The molecule has 0 aromatic heterocycles. The number of benzene rings is 1. The van der Waals surface area contributed by atoms with Crippen molar-refractivity contribution in [2.75, 3.05) is 0 Å². The van der Waals surface area contributed by atoms with Crippen LogP contribution in [0.25, 0.3) is 0 Å². The van der Waals surface area contributed by atoms with Crippen molar-refractivity contribution in [1.82, 2.24) is 5.01 Å². The fourth-order valence-corrected chi connectivity index (χ4v) is 1.70. The third-order valence-corrected chi connectivity index (χ3v) is 2.56. The molecule has 1 atom stereocenters. The molecule has 5 heteroatoms. The Morgan fingerprint density at radius 2 is 2.29 bits per heavy atom. The Balaban J connectivity index is 2.09. The van der Waals surface area contributed by atoms with E-state index in [0.29, 0.717) is 6.54 Å². The van der Waals surface area contributed by atoms with E-state index >= 15 is 0 Å². The number of hydrogen-bond acceptors (Lipinski definition) is 3. The first kappa shape index (κ1) is 11.3. The lowest BCUT2D eigenvalue weighted by Gasteiger charge is -2.13. The first-order valence-corrected chi connectivity index (χ1v) is 5.22. The van der Waals surface area contributed by atoms with Gasteiger partial charge in [-0.05, 0) is 12.5 Å². The summed E-state index contributed by atoms with van der Waals surface area (Å²) in [5.41, 5.74) is 2.02. The van der Waals surface area contributed by atoms with Gasteiger partial charge in [-0.25, -0.2) is 5.01 Å². The molecule has 2 rings (SSSR count). The molecule has 1 aliphatic rings. The summed E-state index contributed by atoms with van der Waals surface area (Å²) >= 11 is 0.